The Morgan fingerprint density at radius 1 is 1.16 bits per heavy atom. The van der Waals surface area contributed by atoms with E-state index in [4.69, 9.17) is 4.98 Å². The van der Waals surface area contributed by atoms with Crippen LogP contribution in [0.2, 0.25) is 0 Å². The molecule has 96 valence electrons. The van der Waals surface area contributed by atoms with E-state index < -0.39 is 0 Å². The Hall–Kier alpha value is -0.490. The standard InChI is InChI=1S/C14H9Br2NS2/c1-8-13(10-4-2-3-5-11(10)16)17-14(19-8)12-6-9(15)7-18-12/h2-7H,1H3. The number of hydrogen-bond acceptors (Lipinski definition) is 3. The van der Waals surface area contributed by atoms with Crippen molar-refractivity contribution in [2.24, 2.45) is 0 Å². The lowest BCUT2D eigenvalue weighted by Gasteiger charge is -2.01. The third-order valence-corrected chi connectivity index (χ3v) is 6.23. The number of aryl methyl sites for hydroxylation is 1. The molecule has 0 aliphatic heterocycles. The number of nitrogens with zero attached hydrogens (tertiary/aromatic N) is 1. The van der Waals surface area contributed by atoms with Gasteiger partial charge in [-0.1, -0.05) is 34.1 Å². The third-order valence-electron chi connectivity index (χ3n) is 2.70. The van der Waals surface area contributed by atoms with Crippen LogP contribution in [0, 0.1) is 6.92 Å². The van der Waals surface area contributed by atoms with E-state index in [-0.39, 0.29) is 0 Å². The minimum Gasteiger partial charge on any atom is -0.235 e. The van der Waals surface area contributed by atoms with Gasteiger partial charge in [-0.3, -0.25) is 0 Å². The Labute approximate surface area is 136 Å². The summed E-state index contributed by atoms with van der Waals surface area (Å²) in [6.07, 6.45) is 0. The Kier molecular flexibility index (Phi) is 3.89. The van der Waals surface area contributed by atoms with Crippen LogP contribution in [-0.4, -0.2) is 4.98 Å². The van der Waals surface area contributed by atoms with Crippen molar-refractivity contribution in [1.29, 1.82) is 0 Å². The van der Waals surface area contributed by atoms with Crippen molar-refractivity contribution in [3.63, 3.8) is 0 Å². The van der Waals surface area contributed by atoms with Gasteiger partial charge in [-0.05, 0) is 35.0 Å². The molecular weight excluding hydrogens is 406 g/mol. The van der Waals surface area contributed by atoms with Gasteiger partial charge in [-0.2, -0.15) is 0 Å². The van der Waals surface area contributed by atoms with E-state index in [1.165, 1.54) is 9.75 Å². The molecule has 0 fully saturated rings. The molecule has 0 saturated heterocycles. The molecule has 3 aromatic rings. The average Bonchev–Trinajstić information content (AvgIpc) is 2.96. The van der Waals surface area contributed by atoms with Gasteiger partial charge >= 0.3 is 0 Å². The predicted molar refractivity (Wildman–Crippen MR) is 91.0 cm³/mol. The lowest BCUT2D eigenvalue weighted by atomic mass is 10.1. The Balaban J connectivity index is 2.10. The van der Waals surface area contributed by atoms with Crippen molar-refractivity contribution in [2.45, 2.75) is 6.92 Å². The van der Waals surface area contributed by atoms with Crippen LogP contribution in [0.1, 0.15) is 4.88 Å². The highest BCUT2D eigenvalue weighted by Crippen LogP contribution is 2.38. The summed E-state index contributed by atoms with van der Waals surface area (Å²) in [7, 11) is 0. The lowest BCUT2D eigenvalue weighted by molar-refractivity contribution is 1.37. The van der Waals surface area contributed by atoms with Crippen molar-refractivity contribution in [3.8, 4) is 21.1 Å². The molecule has 0 atom stereocenters. The fourth-order valence-electron chi connectivity index (χ4n) is 1.83. The van der Waals surface area contributed by atoms with Crippen LogP contribution in [0.25, 0.3) is 21.1 Å². The van der Waals surface area contributed by atoms with Gasteiger partial charge in [-0.25, -0.2) is 4.98 Å². The Morgan fingerprint density at radius 2 is 1.95 bits per heavy atom. The molecule has 0 aliphatic carbocycles. The van der Waals surface area contributed by atoms with Crippen LogP contribution in [0.4, 0.5) is 0 Å². The fourth-order valence-corrected chi connectivity index (χ4v) is 4.72. The maximum atomic E-state index is 4.80. The first-order valence-corrected chi connectivity index (χ1v) is 8.90. The summed E-state index contributed by atoms with van der Waals surface area (Å²) in [6.45, 7) is 2.12. The van der Waals surface area contributed by atoms with Gasteiger partial charge in [-0.15, -0.1) is 22.7 Å². The molecule has 0 radical (unpaired) electrons. The Morgan fingerprint density at radius 3 is 2.63 bits per heavy atom. The number of benzene rings is 1. The highest BCUT2D eigenvalue weighted by molar-refractivity contribution is 9.10. The maximum Gasteiger partial charge on any atom is 0.134 e. The molecule has 2 aromatic heterocycles. The average molecular weight is 415 g/mol. The number of halogens is 2. The number of thiophene rings is 1. The molecule has 1 nitrogen and oxygen atoms in total. The topological polar surface area (TPSA) is 12.9 Å². The molecule has 0 bridgehead atoms. The molecule has 0 spiro atoms. The van der Waals surface area contributed by atoms with E-state index in [1.54, 1.807) is 22.7 Å². The summed E-state index contributed by atoms with van der Waals surface area (Å²) in [5, 5.41) is 3.17. The molecule has 3 rings (SSSR count). The summed E-state index contributed by atoms with van der Waals surface area (Å²) in [5.74, 6) is 0. The summed E-state index contributed by atoms with van der Waals surface area (Å²) in [4.78, 5) is 7.25. The maximum absolute atomic E-state index is 4.80. The van der Waals surface area contributed by atoms with Gasteiger partial charge in [0.2, 0.25) is 0 Å². The lowest BCUT2D eigenvalue weighted by Crippen LogP contribution is -1.82. The second-order valence-electron chi connectivity index (χ2n) is 4.03. The number of hydrogen-bond donors (Lipinski definition) is 0. The van der Waals surface area contributed by atoms with Crippen LogP contribution >= 0.6 is 54.5 Å². The zero-order valence-electron chi connectivity index (χ0n) is 9.98. The molecule has 0 unspecified atom stereocenters. The van der Waals surface area contributed by atoms with Crippen molar-refractivity contribution >= 4 is 54.5 Å². The van der Waals surface area contributed by atoms with E-state index in [0.29, 0.717) is 0 Å². The van der Waals surface area contributed by atoms with Crippen molar-refractivity contribution < 1.29 is 0 Å². The molecule has 0 amide bonds. The quantitative estimate of drug-likeness (QED) is 0.474. The molecular formula is C14H9Br2NS2. The number of rotatable bonds is 2. The zero-order chi connectivity index (χ0) is 13.4. The first kappa shape index (κ1) is 13.5. The summed E-state index contributed by atoms with van der Waals surface area (Å²) >= 11 is 10.5. The summed E-state index contributed by atoms with van der Waals surface area (Å²) in [6, 6.07) is 10.3. The smallest absolute Gasteiger partial charge is 0.134 e. The highest BCUT2D eigenvalue weighted by Gasteiger charge is 2.14. The molecule has 2 heterocycles. The molecule has 0 saturated carbocycles. The molecule has 19 heavy (non-hydrogen) atoms. The van der Waals surface area contributed by atoms with Crippen LogP contribution in [0.5, 0.6) is 0 Å². The first-order valence-electron chi connectivity index (χ1n) is 5.62. The fraction of sp³-hybridized carbons (Fsp3) is 0.0714. The monoisotopic (exact) mass is 413 g/mol. The van der Waals surface area contributed by atoms with Crippen LogP contribution in [-0.2, 0) is 0 Å². The SMILES string of the molecule is Cc1sc(-c2cc(Br)cs2)nc1-c1ccccc1Br. The number of aromatic nitrogens is 1. The van der Waals surface area contributed by atoms with E-state index in [0.717, 1.165) is 25.2 Å². The minimum atomic E-state index is 1.07. The van der Waals surface area contributed by atoms with E-state index >= 15 is 0 Å². The third kappa shape index (κ3) is 2.70. The highest BCUT2D eigenvalue weighted by atomic mass is 79.9. The first-order chi connectivity index (χ1) is 9.15. The van der Waals surface area contributed by atoms with E-state index in [9.17, 15) is 0 Å². The van der Waals surface area contributed by atoms with Crippen LogP contribution < -0.4 is 0 Å². The molecule has 0 aliphatic rings. The summed E-state index contributed by atoms with van der Waals surface area (Å²) in [5.41, 5.74) is 2.22. The summed E-state index contributed by atoms with van der Waals surface area (Å²) < 4.78 is 2.20. The number of thiazole rings is 1. The van der Waals surface area contributed by atoms with Crippen molar-refractivity contribution in [2.75, 3.05) is 0 Å². The predicted octanol–water partition coefficient (Wildman–Crippen LogP) is 6.37. The van der Waals surface area contributed by atoms with Crippen LogP contribution in [0.15, 0.2) is 44.7 Å². The molecule has 5 heteroatoms. The molecule has 1 aromatic carbocycles. The second kappa shape index (κ2) is 5.48. The largest absolute Gasteiger partial charge is 0.235 e. The van der Waals surface area contributed by atoms with E-state index in [1.807, 2.05) is 12.1 Å². The van der Waals surface area contributed by atoms with Gasteiger partial charge in [0.05, 0.1) is 10.6 Å². The van der Waals surface area contributed by atoms with E-state index in [2.05, 4.69) is 62.4 Å². The van der Waals surface area contributed by atoms with Crippen LogP contribution in [0.3, 0.4) is 0 Å². The van der Waals surface area contributed by atoms with Crippen molar-refractivity contribution in [3.05, 3.63) is 49.5 Å². The van der Waals surface area contributed by atoms with Gasteiger partial charge in [0.25, 0.3) is 0 Å². The van der Waals surface area contributed by atoms with Gasteiger partial charge < -0.3 is 0 Å². The molecule has 0 N–H and O–H groups in total. The van der Waals surface area contributed by atoms with Gasteiger partial charge in [0.15, 0.2) is 0 Å². The normalized spacial score (nSPS) is 10.9. The Bertz CT molecular complexity index is 731. The van der Waals surface area contributed by atoms with Gasteiger partial charge in [0, 0.05) is 24.8 Å². The minimum absolute atomic E-state index is 1.07. The zero-order valence-corrected chi connectivity index (χ0v) is 14.8. The van der Waals surface area contributed by atoms with Crippen molar-refractivity contribution in [1.82, 2.24) is 4.98 Å². The van der Waals surface area contributed by atoms with Gasteiger partial charge in [0.1, 0.15) is 5.01 Å². The second-order valence-corrected chi connectivity index (χ2v) is 7.92.